The molecule has 1 aromatic carbocycles. The second-order valence-corrected chi connectivity index (χ2v) is 5.29. The van der Waals surface area contributed by atoms with E-state index in [1.165, 1.54) is 14.2 Å². The highest BCUT2D eigenvalue weighted by Crippen LogP contribution is 2.48. The van der Waals surface area contributed by atoms with E-state index < -0.39 is 0 Å². The minimum Gasteiger partial charge on any atom is -0.502 e. The molecule has 0 spiro atoms. The van der Waals surface area contributed by atoms with Gasteiger partial charge < -0.3 is 28.8 Å². The Balaban J connectivity index is 1.91. The largest absolute Gasteiger partial charge is 0.502 e. The molecule has 2 aliphatic heterocycles. The first-order valence-corrected chi connectivity index (χ1v) is 6.90. The summed E-state index contributed by atoms with van der Waals surface area (Å²) in [5.41, 5.74) is 0.911. The Morgan fingerprint density at radius 1 is 1.00 bits per heavy atom. The first-order chi connectivity index (χ1) is 10.2. The highest BCUT2D eigenvalue weighted by molar-refractivity contribution is 5.53. The monoisotopic (exact) mass is 296 g/mol. The van der Waals surface area contributed by atoms with E-state index in [-0.39, 0.29) is 30.0 Å². The van der Waals surface area contributed by atoms with Crippen molar-refractivity contribution in [3.63, 3.8) is 0 Å². The maximum atomic E-state index is 9.99. The fourth-order valence-electron chi connectivity index (χ4n) is 3.17. The van der Waals surface area contributed by atoms with Crippen molar-refractivity contribution in [2.24, 2.45) is 11.8 Å². The SMILES string of the molecule is COc1cc(C2OCC3C(OC)OCC23)cc(OC)c1O. The van der Waals surface area contributed by atoms with Gasteiger partial charge in [-0.05, 0) is 17.7 Å². The number of ether oxygens (including phenoxy) is 5. The first-order valence-electron chi connectivity index (χ1n) is 6.90. The number of hydrogen-bond donors (Lipinski definition) is 1. The van der Waals surface area contributed by atoms with E-state index in [9.17, 15) is 5.11 Å². The van der Waals surface area contributed by atoms with Gasteiger partial charge in [-0.3, -0.25) is 0 Å². The Kier molecular flexibility index (Phi) is 3.93. The maximum absolute atomic E-state index is 9.99. The molecule has 4 atom stereocenters. The van der Waals surface area contributed by atoms with Gasteiger partial charge in [0.05, 0.1) is 33.5 Å². The standard InChI is InChI=1S/C15H20O6/c1-17-11-4-8(5-12(18-2)13(11)16)14-9-6-21-15(19-3)10(9)7-20-14/h4-5,9-10,14-16H,6-7H2,1-3H3. The van der Waals surface area contributed by atoms with Gasteiger partial charge >= 0.3 is 0 Å². The van der Waals surface area contributed by atoms with Crippen molar-refractivity contribution in [3.05, 3.63) is 17.7 Å². The van der Waals surface area contributed by atoms with Crippen LogP contribution in [0.25, 0.3) is 0 Å². The number of phenols is 1. The Hall–Kier alpha value is -1.50. The third kappa shape index (κ3) is 2.33. The molecular formula is C15H20O6. The molecule has 0 aromatic heterocycles. The van der Waals surface area contributed by atoms with Crippen LogP contribution in [0.5, 0.6) is 17.2 Å². The van der Waals surface area contributed by atoms with Crippen LogP contribution < -0.4 is 9.47 Å². The lowest BCUT2D eigenvalue weighted by Gasteiger charge is -2.19. The van der Waals surface area contributed by atoms with Gasteiger partial charge in [-0.25, -0.2) is 0 Å². The lowest BCUT2D eigenvalue weighted by molar-refractivity contribution is -0.120. The Bertz CT molecular complexity index is 492. The first kappa shape index (κ1) is 14.4. The summed E-state index contributed by atoms with van der Waals surface area (Å²) in [6.07, 6.45) is -0.320. The summed E-state index contributed by atoms with van der Waals surface area (Å²) in [4.78, 5) is 0. The van der Waals surface area contributed by atoms with E-state index in [4.69, 9.17) is 23.7 Å². The molecule has 0 bridgehead atoms. The third-order valence-electron chi connectivity index (χ3n) is 4.27. The number of hydrogen-bond acceptors (Lipinski definition) is 6. The fourth-order valence-corrected chi connectivity index (χ4v) is 3.17. The molecule has 0 amide bonds. The van der Waals surface area contributed by atoms with Gasteiger partial charge in [-0.15, -0.1) is 0 Å². The molecule has 1 N–H and O–H groups in total. The molecule has 0 saturated carbocycles. The molecule has 2 aliphatic rings. The van der Waals surface area contributed by atoms with Gasteiger partial charge in [0.15, 0.2) is 17.8 Å². The topological polar surface area (TPSA) is 66.4 Å². The molecule has 1 aromatic rings. The van der Waals surface area contributed by atoms with Crippen LogP contribution in [0.3, 0.4) is 0 Å². The fraction of sp³-hybridized carbons (Fsp3) is 0.600. The molecule has 116 valence electrons. The lowest BCUT2D eigenvalue weighted by atomic mass is 9.89. The number of aromatic hydroxyl groups is 1. The number of rotatable bonds is 4. The third-order valence-corrected chi connectivity index (χ3v) is 4.27. The average molecular weight is 296 g/mol. The van der Waals surface area contributed by atoms with E-state index in [1.54, 1.807) is 19.2 Å². The van der Waals surface area contributed by atoms with Crippen molar-refractivity contribution in [2.75, 3.05) is 34.5 Å². The second-order valence-electron chi connectivity index (χ2n) is 5.29. The summed E-state index contributed by atoms with van der Waals surface area (Å²) in [6, 6.07) is 3.57. The smallest absolute Gasteiger partial charge is 0.200 e. The minimum absolute atomic E-state index is 0.00395. The summed E-state index contributed by atoms with van der Waals surface area (Å²) in [7, 11) is 4.67. The predicted molar refractivity (Wildman–Crippen MR) is 73.6 cm³/mol. The molecule has 21 heavy (non-hydrogen) atoms. The van der Waals surface area contributed by atoms with Crippen LogP contribution in [0, 0.1) is 11.8 Å². The summed E-state index contributed by atoms with van der Waals surface area (Å²) < 4.78 is 27.3. The molecule has 0 aliphatic carbocycles. The molecule has 6 nitrogen and oxygen atoms in total. The van der Waals surface area contributed by atoms with Crippen LogP contribution in [0.2, 0.25) is 0 Å². The van der Waals surface area contributed by atoms with Crippen molar-refractivity contribution in [1.29, 1.82) is 0 Å². The van der Waals surface area contributed by atoms with E-state index in [2.05, 4.69) is 0 Å². The van der Waals surface area contributed by atoms with Crippen LogP contribution in [-0.4, -0.2) is 45.9 Å². The Morgan fingerprint density at radius 3 is 2.19 bits per heavy atom. The highest BCUT2D eigenvalue weighted by atomic mass is 16.7. The van der Waals surface area contributed by atoms with Crippen molar-refractivity contribution in [2.45, 2.75) is 12.4 Å². The minimum atomic E-state index is -0.207. The Labute approximate surface area is 123 Å². The zero-order valence-corrected chi connectivity index (χ0v) is 12.4. The van der Waals surface area contributed by atoms with Gasteiger partial charge in [0.1, 0.15) is 0 Å². The molecular weight excluding hydrogens is 276 g/mol. The van der Waals surface area contributed by atoms with Gasteiger partial charge in [0, 0.05) is 18.9 Å². The van der Waals surface area contributed by atoms with Crippen LogP contribution in [-0.2, 0) is 14.2 Å². The van der Waals surface area contributed by atoms with E-state index in [0.29, 0.717) is 24.7 Å². The number of benzene rings is 1. The van der Waals surface area contributed by atoms with Crippen LogP contribution >= 0.6 is 0 Å². The van der Waals surface area contributed by atoms with Gasteiger partial charge in [-0.2, -0.15) is 0 Å². The predicted octanol–water partition coefficient (Wildman–Crippen LogP) is 1.72. The lowest BCUT2D eigenvalue weighted by Crippen LogP contribution is -2.21. The van der Waals surface area contributed by atoms with E-state index in [1.807, 2.05) is 0 Å². The Morgan fingerprint density at radius 2 is 1.62 bits per heavy atom. The molecule has 2 heterocycles. The molecule has 2 saturated heterocycles. The number of phenolic OH excluding ortho intramolecular Hbond substituents is 1. The summed E-state index contributed by atoms with van der Waals surface area (Å²) in [6.45, 7) is 1.19. The van der Waals surface area contributed by atoms with Gasteiger partial charge in [0.2, 0.25) is 5.75 Å². The summed E-state index contributed by atoms with van der Waals surface area (Å²) >= 11 is 0. The highest BCUT2D eigenvalue weighted by Gasteiger charge is 2.48. The number of methoxy groups -OCH3 is 3. The van der Waals surface area contributed by atoms with E-state index >= 15 is 0 Å². The summed E-state index contributed by atoms with van der Waals surface area (Å²) in [5.74, 6) is 1.20. The van der Waals surface area contributed by atoms with Crippen molar-refractivity contribution in [3.8, 4) is 17.2 Å². The van der Waals surface area contributed by atoms with Gasteiger partial charge in [0.25, 0.3) is 0 Å². The van der Waals surface area contributed by atoms with Crippen LogP contribution in [0.1, 0.15) is 11.7 Å². The quantitative estimate of drug-likeness (QED) is 0.912. The van der Waals surface area contributed by atoms with Crippen molar-refractivity contribution >= 4 is 0 Å². The molecule has 0 radical (unpaired) electrons. The van der Waals surface area contributed by atoms with E-state index in [0.717, 1.165) is 5.56 Å². The maximum Gasteiger partial charge on any atom is 0.200 e. The zero-order chi connectivity index (χ0) is 15.0. The van der Waals surface area contributed by atoms with Crippen LogP contribution in [0.15, 0.2) is 12.1 Å². The molecule has 2 fully saturated rings. The average Bonchev–Trinajstić information content (AvgIpc) is 3.09. The van der Waals surface area contributed by atoms with Crippen molar-refractivity contribution in [1.82, 2.24) is 0 Å². The molecule has 4 unspecified atom stereocenters. The second kappa shape index (κ2) is 5.71. The summed E-state index contributed by atoms with van der Waals surface area (Å²) in [5, 5.41) is 9.99. The van der Waals surface area contributed by atoms with Gasteiger partial charge in [-0.1, -0.05) is 0 Å². The van der Waals surface area contributed by atoms with Crippen LogP contribution in [0.4, 0.5) is 0 Å². The molecule has 6 heteroatoms. The number of fused-ring (bicyclic) bond motifs is 1. The molecule has 3 rings (SSSR count). The van der Waals surface area contributed by atoms with Crippen molar-refractivity contribution < 1.29 is 28.8 Å². The zero-order valence-electron chi connectivity index (χ0n) is 12.4. The normalized spacial score (nSPS) is 31.2.